The molecule has 6 nitrogen and oxygen atoms in total. The van der Waals surface area contributed by atoms with Gasteiger partial charge in [-0.2, -0.15) is 0 Å². The van der Waals surface area contributed by atoms with Crippen LogP contribution in [-0.4, -0.2) is 76.0 Å². The van der Waals surface area contributed by atoms with Gasteiger partial charge >= 0.3 is 0 Å². The number of rotatable bonds is 9. The lowest BCUT2D eigenvalue weighted by Crippen LogP contribution is -2.51. The molecule has 0 aliphatic heterocycles. The minimum atomic E-state index is -0.280. The highest BCUT2D eigenvalue weighted by Crippen LogP contribution is 2.38. The molecule has 1 fully saturated rings. The van der Waals surface area contributed by atoms with Crippen molar-refractivity contribution < 1.29 is 4.79 Å². The van der Waals surface area contributed by atoms with Gasteiger partial charge in [0.15, 0.2) is 5.96 Å². The minimum Gasteiger partial charge on any atom is -0.355 e. The van der Waals surface area contributed by atoms with E-state index in [1.54, 1.807) is 11.9 Å². The fraction of sp³-hybridized carbons (Fsp3) is 0.900. The van der Waals surface area contributed by atoms with Crippen LogP contribution in [0, 0.1) is 11.3 Å². The molecule has 0 heterocycles. The monoisotopic (exact) mass is 367 g/mol. The summed E-state index contributed by atoms with van der Waals surface area (Å²) in [5.41, 5.74) is -0.280. The predicted molar refractivity (Wildman–Crippen MR) is 111 cm³/mol. The lowest BCUT2D eigenvalue weighted by Gasteiger charge is -2.33. The fourth-order valence-electron chi connectivity index (χ4n) is 4.27. The first-order valence-corrected chi connectivity index (χ1v) is 10.1. The lowest BCUT2D eigenvalue weighted by molar-refractivity contribution is -0.138. The van der Waals surface area contributed by atoms with Gasteiger partial charge in [0.1, 0.15) is 0 Å². The van der Waals surface area contributed by atoms with Crippen LogP contribution >= 0.6 is 0 Å². The summed E-state index contributed by atoms with van der Waals surface area (Å²) in [5, 5.41) is 6.91. The number of nitrogens with one attached hydrogen (secondary N) is 2. The summed E-state index contributed by atoms with van der Waals surface area (Å²) in [6.07, 6.45) is 6.53. The molecule has 2 N–H and O–H groups in total. The topological polar surface area (TPSA) is 60.0 Å². The molecule has 0 aromatic heterocycles. The average Bonchev–Trinajstić information content (AvgIpc) is 3.09. The summed E-state index contributed by atoms with van der Waals surface area (Å²) in [6, 6.07) is 0.465. The third kappa shape index (κ3) is 5.86. The second kappa shape index (κ2) is 10.8. The molecule has 1 amide bonds. The van der Waals surface area contributed by atoms with E-state index in [1.165, 1.54) is 12.8 Å². The highest BCUT2D eigenvalue weighted by atomic mass is 16.2. The molecule has 0 bridgehead atoms. The molecule has 1 atom stereocenters. The van der Waals surface area contributed by atoms with Gasteiger partial charge in [-0.25, -0.2) is 0 Å². The zero-order chi connectivity index (χ0) is 19.7. The highest BCUT2D eigenvalue weighted by molar-refractivity contribution is 5.85. The second-order valence-electron chi connectivity index (χ2n) is 8.10. The van der Waals surface area contributed by atoms with Gasteiger partial charge in [-0.15, -0.1) is 0 Å². The Balaban J connectivity index is 2.68. The van der Waals surface area contributed by atoms with Crippen LogP contribution < -0.4 is 10.6 Å². The van der Waals surface area contributed by atoms with Gasteiger partial charge in [0.05, 0.1) is 5.41 Å². The molecular weight excluding hydrogens is 326 g/mol. The average molecular weight is 368 g/mol. The first-order chi connectivity index (χ1) is 12.3. The maximum Gasteiger partial charge on any atom is 0.230 e. The summed E-state index contributed by atoms with van der Waals surface area (Å²) in [5.74, 6) is 1.69. The summed E-state index contributed by atoms with van der Waals surface area (Å²) < 4.78 is 0. The number of likely N-dealkylation sites (N-methyl/N-ethyl adjacent to an activating group) is 1. The SMILES string of the molecule is CCC(CC)C(CNC(=NC)NCC1(C(=O)N(C)C)CCCC1)N(C)C. The van der Waals surface area contributed by atoms with Gasteiger partial charge in [-0.05, 0) is 32.9 Å². The number of hydrogen-bond donors (Lipinski definition) is 2. The molecule has 1 aliphatic rings. The second-order valence-corrected chi connectivity index (χ2v) is 8.10. The molecule has 26 heavy (non-hydrogen) atoms. The normalized spacial score (nSPS) is 18.3. The van der Waals surface area contributed by atoms with E-state index in [4.69, 9.17) is 0 Å². The fourth-order valence-corrected chi connectivity index (χ4v) is 4.27. The summed E-state index contributed by atoms with van der Waals surface area (Å²) in [7, 11) is 9.79. The number of hydrogen-bond acceptors (Lipinski definition) is 3. The first kappa shape index (κ1) is 22.7. The standard InChI is InChI=1S/C20H41N5O/c1-8-16(9-2)17(24(4)5)14-22-19(21-3)23-15-20(12-10-11-13-20)18(26)25(6)7/h16-17H,8-15H2,1-7H3,(H2,21,22,23). The van der Waals surface area contributed by atoms with Crippen molar-refractivity contribution in [2.24, 2.45) is 16.3 Å². The number of guanidine groups is 1. The Hall–Kier alpha value is -1.30. The van der Waals surface area contributed by atoms with Crippen molar-refractivity contribution in [3.8, 4) is 0 Å². The number of amides is 1. The van der Waals surface area contributed by atoms with Gasteiger partial charge in [0, 0.05) is 40.3 Å². The van der Waals surface area contributed by atoms with E-state index in [0.29, 0.717) is 18.5 Å². The lowest BCUT2D eigenvalue weighted by atomic mass is 9.84. The Morgan fingerprint density at radius 2 is 1.65 bits per heavy atom. The van der Waals surface area contributed by atoms with Crippen LogP contribution in [0.1, 0.15) is 52.4 Å². The molecule has 0 radical (unpaired) electrons. The first-order valence-electron chi connectivity index (χ1n) is 10.1. The minimum absolute atomic E-state index is 0.237. The van der Waals surface area contributed by atoms with E-state index in [9.17, 15) is 4.79 Å². The molecule has 1 aliphatic carbocycles. The maximum atomic E-state index is 12.7. The van der Waals surface area contributed by atoms with Crippen molar-refractivity contribution in [2.75, 3.05) is 48.3 Å². The number of nitrogens with zero attached hydrogens (tertiary/aromatic N) is 3. The van der Waals surface area contributed by atoms with Gasteiger partial charge < -0.3 is 20.4 Å². The quantitative estimate of drug-likeness (QED) is 0.484. The third-order valence-electron chi connectivity index (χ3n) is 5.97. The zero-order valence-corrected chi connectivity index (χ0v) is 18.1. The van der Waals surface area contributed by atoms with Crippen molar-refractivity contribution in [1.82, 2.24) is 20.4 Å². The Labute approximate surface area is 160 Å². The van der Waals surface area contributed by atoms with E-state index in [2.05, 4.69) is 48.5 Å². The van der Waals surface area contributed by atoms with Crippen LogP contribution in [0.4, 0.5) is 0 Å². The van der Waals surface area contributed by atoms with Crippen LogP contribution in [0.3, 0.4) is 0 Å². The molecule has 0 spiro atoms. The van der Waals surface area contributed by atoms with E-state index in [-0.39, 0.29) is 11.3 Å². The smallest absolute Gasteiger partial charge is 0.230 e. The van der Waals surface area contributed by atoms with E-state index in [0.717, 1.165) is 38.2 Å². The number of aliphatic imine (C=N–C) groups is 1. The number of carbonyl (C=O) groups excluding carboxylic acids is 1. The largest absolute Gasteiger partial charge is 0.355 e. The van der Waals surface area contributed by atoms with Crippen LogP contribution in [-0.2, 0) is 4.79 Å². The molecule has 152 valence electrons. The van der Waals surface area contributed by atoms with Crippen molar-refractivity contribution in [2.45, 2.75) is 58.4 Å². The van der Waals surface area contributed by atoms with Crippen molar-refractivity contribution in [1.29, 1.82) is 0 Å². The molecule has 1 saturated carbocycles. The van der Waals surface area contributed by atoms with Gasteiger partial charge in [-0.1, -0.05) is 39.5 Å². The van der Waals surface area contributed by atoms with Crippen LogP contribution in [0.25, 0.3) is 0 Å². The van der Waals surface area contributed by atoms with Gasteiger partial charge in [0.2, 0.25) is 5.91 Å². The van der Waals surface area contributed by atoms with Gasteiger partial charge in [-0.3, -0.25) is 9.79 Å². The van der Waals surface area contributed by atoms with E-state index in [1.807, 2.05) is 14.1 Å². The Morgan fingerprint density at radius 1 is 1.08 bits per heavy atom. The predicted octanol–water partition coefficient (Wildman–Crippen LogP) is 2.17. The van der Waals surface area contributed by atoms with Crippen LogP contribution in [0.2, 0.25) is 0 Å². The molecule has 1 rings (SSSR count). The summed E-state index contributed by atoms with van der Waals surface area (Å²) in [4.78, 5) is 21.1. The van der Waals surface area contributed by atoms with E-state index < -0.39 is 0 Å². The molecule has 0 aromatic carbocycles. The molecule has 0 aromatic rings. The molecule has 6 heteroatoms. The Morgan fingerprint density at radius 3 is 2.08 bits per heavy atom. The van der Waals surface area contributed by atoms with Crippen LogP contribution in [0.15, 0.2) is 4.99 Å². The Bertz CT molecular complexity index is 451. The van der Waals surface area contributed by atoms with Gasteiger partial charge in [0.25, 0.3) is 0 Å². The van der Waals surface area contributed by atoms with Crippen molar-refractivity contribution in [3.63, 3.8) is 0 Å². The third-order valence-corrected chi connectivity index (χ3v) is 5.97. The van der Waals surface area contributed by atoms with Crippen molar-refractivity contribution >= 4 is 11.9 Å². The zero-order valence-electron chi connectivity index (χ0n) is 18.1. The maximum absolute atomic E-state index is 12.7. The molecule has 1 unspecified atom stereocenters. The molecule has 0 saturated heterocycles. The summed E-state index contributed by atoms with van der Waals surface area (Å²) in [6.45, 7) is 6.03. The number of carbonyl (C=O) groups is 1. The van der Waals surface area contributed by atoms with E-state index >= 15 is 0 Å². The van der Waals surface area contributed by atoms with Crippen molar-refractivity contribution in [3.05, 3.63) is 0 Å². The molecular formula is C20H41N5O. The highest BCUT2D eigenvalue weighted by Gasteiger charge is 2.42. The summed E-state index contributed by atoms with van der Waals surface area (Å²) >= 11 is 0. The van der Waals surface area contributed by atoms with Crippen LogP contribution in [0.5, 0.6) is 0 Å². The Kier molecular flexibility index (Phi) is 9.41.